The molecule has 26 heavy (non-hydrogen) atoms. The van der Waals surface area contributed by atoms with Gasteiger partial charge in [0.15, 0.2) is 10.9 Å². The van der Waals surface area contributed by atoms with E-state index in [9.17, 15) is 9.59 Å². The van der Waals surface area contributed by atoms with Gasteiger partial charge in [-0.25, -0.2) is 0 Å². The highest BCUT2D eigenvalue weighted by Gasteiger charge is 2.31. The summed E-state index contributed by atoms with van der Waals surface area (Å²) in [5.41, 5.74) is 3.31. The standard InChI is InChI=1S/C20H21NO3S.ClH/c1-2-14-3-6-16(21-13-14)9-10-24-17-7-4-15(5-8-17)11-19-18(22)12-20(23)25-19;/h3-8,13,19H,2,9-12H2,1H3;1H/t19-;/m1./s1. The number of ketones is 1. The number of carbonyl (C=O) groups excluding carboxylic acids is 2. The SMILES string of the molecule is CCc1ccc(CCOc2ccc(C[C@H]3SC(=O)CC3=O)cc2)nc1.Cl. The van der Waals surface area contributed by atoms with Crippen LogP contribution >= 0.6 is 24.2 Å². The van der Waals surface area contributed by atoms with Crippen LogP contribution in [0.5, 0.6) is 5.75 Å². The van der Waals surface area contributed by atoms with Crippen molar-refractivity contribution in [2.75, 3.05) is 6.61 Å². The summed E-state index contributed by atoms with van der Waals surface area (Å²) in [5, 5.41) is -0.244. The van der Waals surface area contributed by atoms with Gasteiger partial charge in [0.1, 0.15) is 5.75 Å². The smallest absolute Gasteiger partial charge is 0.197 e. The molecule has 1 aromatic heterocycles. The van der Waals surface area contributed by atoms with E-state index in [4.69, 9.17) is 4.74 Å². The van der Waals surface area contributed by atoms with Crippen LogP contribution in [0.1, 0.15) is 30.2 Å². The number of hydrogen-bond acceptors (Lipinski definition) is 5. The van der Waals surface area contributed by atoms with Crippen molar-refractivity contribution in [3.8, 4) is 5.75 Å². The number of carbonyl (C=O) groups is 2. The van der Waals surface area contributed by atoms with Gasteiger partial charge in [-0.1, -0.05) is 36.9 Å². The van der Waals surface area contributed by atoms with Gasteiger partial charge in [0.25, 0.3) is 0 Å². The van der Waals surface area contributed by atoms with Crippen molar-refractivity contribution in [2.24, 2.45) is 0 Å². The second-order valence-corrected chi connectivity index (χ2v) is 7.34. The zero-order valence-electron chi connectivity index (χ0n) is 14.6. The number of nitrogens with zero attached hydrogens (tertiary/aromatic N) is 1. The summed E-state index contributed by atoms with van der Waals surface area (Å²) >= 11 is 1.16. The zero-order valence-corrected chi connectivity index (χ0v) is 16.3. The monoisotopic (exact) mass is 391 g/mol. The number of Topliss-reactive ketones (excluding diaryl/α,β-unsaturated/α-hetero) is 1. The summed E-state index contributed by atoms with van der Waals surface area (Å²) in [6, 6.07) is 11.9. The van der Waals surface area contributed by atoms with Crippen LogP contribution in [-0.4, -0.2) is 27.7 Å². The molecule has 2 aromatic rings. The molecule has 2 heterocycles. The van der Waals surface area contributed by atoms with Gasteiger partial charge < -0.3 is 4.74 Å². The Morgan fingerprint density at radius 3 is 2.42 bits per heavy atom. The molecule has 1 saturated heterocycles. The lowest BCUT2D eigenvalue weighted by molar-refractivity contribution is -0.121. The zero-order chi connectivity index (χ0) is 17.6. The summed E-state index contributed by atoms with van der Waals surface area (Å²) < 4.78 is 5.76. The van der Waals surface area contributed by atoms with E-state index < -0.39 is 0 Å². The summed E-state index contributed by atoms with van der Waals surface area (Å²) in [6.07, 6.45) is 4.35. The van der Waals surface area contributed by atoms with Crippen molar-refractivity contribution < 1.29 is 14.3 Å². The number of ether oxygens (including phenoxy) is 1. The number of aryl methyl sites for hydroxylation is 1. The molecule has 0 radical (unpaired) electrons. The fraction of sp³-hybridized carbons (Fsp3) is 0.350. The Labute approximate surface area is 164 Å². The van der Waals surface area contributed by atoms with Crippen molar-refractivity contribution in [1.29, 1.82) is 0 Å². The number of aromatic nitrogens is 1. The van der Waals surface area contributed by atoms with E-state index in [1.165, 1.54) is 5.56 Å². The molecule has 1 atom stereocenters. The van der Waals surface area contributed by atoms with E-state index in [0.29, 0.717) is 13.0 Å². The molecule has 0 unspecified atom stereocenters. The van der Waals surface area contributed by atoms with Crippen LogP contribution in [0.4, 0.5) is 0 Å². The first-order valence-corrected chi connectivity index (χ1v) is 9.39. The number of benzene rings is 1. The molecule has 0 saturated carbocycles. The van der Waals surface area contributed by atoms with Gasteiger partial charge in [-0.15, -0.1) is 12.4 Å². The Balaban J connectivity index is 0.00000243. The van der Waals surface area contributed by atoms with Crippen LogP contribution in [0.25, 0.3) is 0 Å². The molecule has 1 aromatic carbocycles. The summed E-state index contributed by atoms with van der Waals surface area (Å²) in [5.74, 6) is 0.840. The maximum atomic E-state index is 11.7. The highest BCUT2D eigenvalue weighted by molar-refractivity contribution is 8.15. The maximum absolute atomic E-state index is 11.7. The lowest BCUT2D eigenvalue weighted by Gasteiger charge is -2.09. The van der Waals surface area contributed by atoms with Gasteiger partial charge in [0.2, 0.25) is 0 Å². The molecule has 0 N–H and O–H groups in total. The van der Waals surface area contributed by atoms with Crippen molar-refractivity contribution in [3.05, 3.63) is 59.4 Å². The van der Waals surface area contributed by atoms with E-state index >= 15 is 0 Å². The average molecular weight is 392 g/mol. The molecular formula is C20H22ClNO3S. The minimum atomic E-state index is -0.226. The molecule has 6 heteroatoms. The third kappa shape index (κ3) is 5.58. The molecule has 0 bridgehead atoms. The molecule has 1 aliphatic rings. The third-order valence-corrected chi connectivity index (χ3v) is 5.34. The highest BCUT2D eigenvalue weighted by atomic mass is 35.5. The van der Waals surface area contributed by atoms with Crippen molar-refractivity contribution >= 4 is 35.1 Å². The largest absolute Gasteiger partial charge is 0.493 e. The number of hydrogen-bond donors (Lipinski definition) is 0. The molecule has 138 valence electrons. The first kappa shape index (κ1) is 20.5. The normalized spacial score (nSPS) is 16.4. The first-order chi connectivity index (χ1) is 12.1. The van der Waals surface area contributed by atoms with Crippen molar-refractivity contribution in [1.82, 2.24) is 4.98 Å². The number of pyridine rings is 1. The first-order valence-electron chi connectivity index (χ1n) is 8.52. The Hall–Kier alpha value is -1.85. The molecular weight excluding hydrogens is 370 g/mol. The van der Waals surface area contributed by atoms with E-state index in [-0.39, 0.29) is 35.0 Å². The van der Waals surface area contributed by atoms with Gasteiger partial charge >= 0.3 is 0 Å². The lowest BCUT2D eigenvalue weighted by atomic mass is 10.1. The molecule has 0 amide bonds. The number of rotatable bonds is 7. The molecule has 1 aliphatic heterocycles. The van der Waals surface area contributed by atoms with E-state index in [1.807, 2.05) is 36.5 Å². The van der Waals surface area contributed by atoms with E-state index in [2.05, 4.69) is 18.0 Å². The molecule has 1 fully saturated rings. The van der Waals surface area contributed by atoms with Crippen LogP contribution in [0.2, 0.25) is 0 Å². The fourth-order valence-corrected chi connectivity index (χ4v) is 3.73. The summed E-state index contributed by atoms with van der Waals surface area (Å²) in [4.78, 5) is 27.4. The molecule has 4 nitrogen and oxygen atoms in total. The summed E-state index contributed by atoms with van der Waals surface area (Å²) in [6.45, 7) is 2.69. The van der Waals surface area contributed by atoms with Gasteiger partial charge in [0.05, 0.1) is 18.3 Å². The highest BCUT2D eigenvalue weighted by Crippen LogP contribution is 2.28. The maximum Gasteiger partial charge on any atom is 0.197 e. The molecule has 3 rings (SSSR count). The topological polar surface area (TPSA) is 56.3 Å². The second-order valence-electron chi connectivity index (χ2n) is 6.08. The van der Waals surface area contributed by atoms with Crippen LogP contribution < -0.4 is 4.74 Å². The van der Waals surface area contributed by atoms with Gasteiger partial charge in [-0.3, -0.25) is 14.6 Å². The minimum absolute atomic E-state index is 0. The minimum Gasteiger partial charge on any atom is -0.493 e. The summed E-state index contributed by atoms with van der Waals surface area (Å²) in [7, 11) is 0. The average Bonchev–Trinajstić information content (AvgIpc) is 2.94. The van der Waals surface area contributed by atoms with E-state index in [1.54, 1.807) is 0 Å². The second kappa shape index (κ2) is 9.74. The molecule has 0 spiro atoms. The van der Waals surface area contributed by atoms with Crippen molar-refractivity contribution in [2.45, 2.75) is 37.9 Å². The quantitative estimate of drug-likeness (QED) is 0.671. The number of halogens is 1. The van der Waals surface area contributed by atoms with Gasteiger partial charge in [-0.2, -0.15) is 0 Å². The fourth-order valence-electron chi connectivity index (χ4n) is 2.70. The predicted molar refractivity (Wildman–Crippen MR) is 106 cm³/mol. The third-order valence-electron chi connectivity index (χ3n) is 4.22. The van der Waals surface area contributed by atoms with Crippen LogP contribution in [0.3, 0.4) is 0 Å². The Kier molecular flexibility index (Phi) is 7.66. The Morgan fingerprint density at radius 1 is 1.12 bits per heavy atom. The predicted octanol–water partition coefficient (Wildman–Crippen LogP) is 3.83. The van der Waals surface area contributed by atoms with E-state index in [0.717, 1.165) is 41.6 Å². The number of thioether (sulfide) groups is 1. The van der Waals surface area contributed by atoms with Gasteiger partial charge in [0, 0.05) is 18.3 Å². The van der Waals surface area contributed by atoms with Crippen LogP contribution in [-0.2, 0) is 28.9 Å². The van der Waals surface area contributed by atoms with Crippen LogP contribution in [0.15, 0.2) is 42.6 Å². The molecule has 0 aliphatic carbocycles. The Morgan fingerprint density at radius 2 is 1.85 bits per heavy atom. The van der Waals surface area contributed by atoms with Gasteiger partial charge in [-0.05, 0) is 42.2 Å². The Bertz CT molecular complexity index is 747. The van der Waals surface area contributed by atoms with Crippen molar-refractivity contribution in [3.63, 3.8) is 0 Å². The lowest BCUT2D eigenvalue weighted by Crippen LogP contribution is -2.13. The van der Waals surface area contributed by atoms with Crippen LogP contribution in [0, 0.1) is 0 Å².